The third-order valence-electron chi connectivity index (χ3n) is 4.85. The number of benzene rings is 1. The number of rotatable bonds is 4. The molecule has 3 aromatic rings. The van der Waals surface area contributed by atoms with E-state index >= 15 is 0 Å². The van der Waals surface area contributed by atoms with Crippen molar-refractivity contribution in [2.75, 3.05) is 7.11 Å². The number of nitrogens with one attached hydrogen (secondary N) is 1. The minimum Gasteiger partial charge on any atom is -0.497 e. The van der Waals surface area contributed by atoms with Gasteiger partial charge in [0.05, 0.1) is 12.8 Å². The van der Waals surface area contributed by atoms with Gasteiger partial charge in [0, 0.05) is 12.2 Å². The van der Waals surface area contributed by atoms with Crippen LogP contribution in [0.2, 0.25) is 0 Å². The van der Waals surface area contributed by atoms with Gasteiger partial charge in [0.2, 0.25) is 0 Å². The lowest BCUT2D eigenvalue weighted by molar-refractivity contribution is 0.0931. The van der Waals surface area contributed by atoms with E-state index in [4.69, 9.17) is 4.74 Å². The van der Waals surface area contributed by atoms with Crippen LogP contribution in [-0.2, 0) is 0 Å². The topological polar surface area (TPSA) is 86.1 Å². The molecule has 0 bridgehead atoms. The summed E-state index contributed by atoms with van der Waals surface area (Å²) in [5.41, 5.74) is 0.900. The van der Waals surface area contributed by atoms with Crippen molar-refractivity contribution < 1.29 is 9.53 Å². The van der Waals surface area contributed by atoms with Gasteiger partial charge < -0.3 is 10.1 Å². The van der Waals surface area contributed by atoms with Crippen LogP contribution >= 0.6 is 0 Å². The fourth-order valence-electron chi connectivity index (χ4n) is 3.46. The second-order valence-electron chi connectivity index (χ2n) is 6.60. The van der Waals surface area contributed by atoms with Crippen LogP contribution in [0.15, 0.2) is 47.4 Å². The first-order valence-corrected chi connectivity index (χ1v) is 9.00. The molecule has 1 aromatic carbocycles. The van der Waals surface area contributed by atoms with Crippen molar-refractivity contribution >= 4 is 17.1 Å². The predicted molar refractivity (Wildman–Crippen MR) is 101 cm³/mol. The largest absolute Gasteiger partial charge is 0.497 e. The summed E-state index contributed by atoms with van der Waals surface area (Å²) in [6, 6.07) is 10.6. The Labute approximate surface area is 156 Å². The number of ether oxygens (including phenoxy) is 1. The molecule has 2 heterocycles. The summed E-state index contributed by atoms with van der Waals surface area (Å²) < 4.78 is 6.60. The summed E-state index contributed by atoms with van der Waals surface area (Å²) in [5, 5.41) is 2.94. The Kier molecular flexibility index (Phi) is 4.58. The Bertz CT molecular complexity index is 1040. The zero-order chi connectivity index (χ0) is 18.8. The number of fused-ring (bicyclic) bond motifs is 1. The quantitative estimate of drug-likeness (QED) is 0.768. The number of carbonyl (C=O) groups is 1. The molecule has 7 heteroatoms. The fourth-order valence-corrected chi connectivity index (χ4v) is 3.46. The summed E-state index contributed by atoms with van der Waals surface area (Å²) >= 11 is 0. The van der Waals surface area contributed by atoms with E-state index in [1.807, 2.05) is 0 Å². The standard InChI is InChI=1S/C20H20N4O3/c1-27-15-10-8-14(9-11-15)24-18-16(7-4-12-21-18)23-17(20(24)26)19(25)22-13-5-2-3-6-13/h4,7-13H,2-3,5-6H2,1H3,(H,22,25). The molecule has 0 aliphatic heterocycles. The minimum atomic E-state index is -0.484. The Balaban J connectivity index is 1.84. The number of hydrogen-bond donors (Lipinski definition) is 1. The van der Waals surface area contributed by atoms with E-state index in [2.05, 4.69) is 15.3 Å². The molecular formula is C20H20N4O3. The third-order valence-corrected chi connectivity index (χ3v) is 4.85. The van der Waals surface area contributed by atoms with Crippen LogP contribution in [0.4, 0.5) is 0 Å². The zero-order valence-corrected chi connectivity index (χ0v) is 15.0. The van der Waals surface area contributed by atoms with E-state index in [1.165, 1.54) is 4.57 Å². The van der Waals surface area contributed by atoms with Crippen molar-refractivity contribution in [2.45, 2.75) is 31.7 Å². The van der Waals surface area contributed by atoms with Crippen molar-refractivity contribution in [3.8, 4) is 11.4 Å². The van der Waals surface area contributed by atoms with Crippen LogP contribution in [0.3, 0.4) is 0 Å². The third kappa shape index (κ3) is 3.28. The van der Waals surface area contributed by atoms with Crippen LogP contribution in [0.5, 0.6) is 5.75 Å². The van der Waals surface area contributed by atoms with E-state index < -0.39 is 11.5 Å². The van der Waals surface area contributed by atoms with Crippen LogP contribution < -0.4 is 15.6 Å². The molecule has 1 aliphatic carbocycles. The molecule has 0 atom stereocenters. The zero-order valence-electron chi connectivity index (χ0n) is 15.0. The number of nitrogens with zero attached hydrogens (tertiary/aromatic N) is 3. The molecule has 138 valence electrons. The number of carbonyl (C=O) groups excluding carboxylic acids is 1. The summed E-state index contributed by atoms with van der Waals surface area (Å²) in [7, 11) is 1.58. The molecule has 1 amide bonds. The molecule has 7 nitrogen and oxygen atoms in total. The maximum absolute atomic E-state index is 13.1. The van der Waals surface area contributed by atoms with Crippen LogP contribution in [0, 0.1) is 0 Å². The predicted octanol–water partition coefficient (Wildman–Crippen LogP) is 2.46. The summed E-state index contributed by atoms with van der Waals surface area (Å²) in [6.45, 7) is 0. The lowest BCUT2D eigenvalue weighted by Gasteiger charge is -2.14. The van der Waals surface area contributed by atoms with Gasteiger partial charge in [-0.25, -0.2) is 9.97 Å². The highest BCUT2D eigenvalue weighted by Gasteiger charge is 2.23. The Morgan fingerprint density at radius 2 is 1.93 bits per heavy atom. The van der Waals surface area contributed by atoms with Gasteiger partial charge in [0.25, 0.3) is 11.5 Å². The Morgan fingerprint density at radius 1 is 1.19 bits per heavy atom. The monoisotopic (exact) mass is 364 g/mol. The van der Waals surface area contributed by atoms with Crippen LogP contribution in [0.25, 0.3) is 16.9 Å². The molecule has 1 saturated carbocycles. The second-order valence-corrected chi connectivity index (χ2v) is 6.60. The normalized spacial score (nSPS) is 14.4. The molecule has 4 rings (SSSR count). The van der Waals surface area contributed by atoms with Gasteiger partial charge in [-0.15, -0.1) is 0 Å². The second kappa shape index (κ2) is 7.19. The lowest BCUT2D eigenvalue weighted by Crippen LogP contribution is -2.38. The van der Waals surface area contributed by atoms with Gasteiger partial charge in [0.15, 0.2) is 11.3 Å². The number of methoxy groups -OCH3 is 1. The first kappa shape index (κ1) is 17.2. The molecule has 0 spiro atoms. The van der Waals surface area contributed by atoms with E-state index in [1.54, 1.807) is 49.7 Å². The molecule has 1 aliphatic rings. The lowest BCUT2D eigenvalue weighted by atomic mass is 10.2. The summed E-state index contributed by atoms with van der Waals surface area (Å²) in [6.07, 6.45) is 5.66. The molecule has 0 radical (unpaired) electrons. The highest BCUT2D eigenvalue weighted by Crippen LogP contribution is 2.19. The highest BCUT2D eigenvalue weighted by atomic mass is 16.5. The smallest absolute Gasteiger partial charge is 0.288 e. The van der Waals surface area contributed by atoms with E-state index in [0.717, 1.165) is 25.7 Å². The Hall–Kier alpha value is -3.22. The average molecular weight is 364 g/mol. The van der Waals surface area contributed by atoms with E-state index in [0.29, 0.717) is 22.6 Å². The Morgan fingerprint density at radius 3 is 2.63 bits per heavy atom. The van der Waals surface area contributed by atoms with Crippen molar-refractivity contribution in [3.63, 3.8) is 0 Å². The SMILES string of the molecule is COc1ccc(-n2c(=O)c(C(=O)NC3CCCC3)nc3cccnc32)cc1. The number of amides is 1. The van der Waals surface area contributed by atoms with E-state index in [-0.39, 0.29) is 11.7 Å². The van der Waals surface area contributed by atoms with Crippen LogP contribution in [0.1, 0.15) is 36.2 Å². The molecule has 0 unspecified atom stereocenters. The molecule has 0 saturated heterocycles. The molecule has 1 N–H and O–H groups in total. The van der Waals surface area contributed by atoms with Crippen molar-refractivity contribution in [3.05, 3.63) is 58.6 Å². The maximum atomic E-state index is 13.1. The molecule has 2 aromatic heterocycles. The summed E-state index contributed by atoms with van der Waals surface area (Å²) in [5.74, 6) is 0.247. The first-order valence-electron chi connectivity index (χ1n) is 9.00. The minimum absolute atomic E-state index is 0.109. The van der Waals surface area contributed by atoms with E-state index in [9.17, 15) is 9.59 Å². The first-order chi connectivity index (χ1) is 13.2. The summed E-state index contributed by atoms with van der Waals surface area (Å²) in [4.78, 5) is 34.4. The van der Waals surface area contributed by atoms with Gasteiger partial charge in [-0.1, -0.05) is 12.8 Å². The van der Waals surface area contributed by atoms with Crippen LogP contribution in [-0.4, -0.2) is 33.6 Å². The molecule has 27 heavy (non-hydrogen) atoms. The molecule has 1 fully saturated rings. The average Bonchev–Trinajstić information content (AvgIpc) is 3.20. The van der Waals surface area contributed by atoms with Gasteiger partial charge >= 0.3 is 0 Å². The van der Waals surface area contributed by atoms with Crippen molar-refractivity contribution in [1.82, 2.24) is 19.9 Å². The van der Waals surface area contributed by atoms with Crippen molar-refractivity contribution in [2.24, 2.45) is 0 Å². The highest BCUT2D eigenvalue weighted by molar-refractivity contribution is 5.94. The number of pyridine rings is 1. The van der Waals surface area contributed by atoms with Gasteiger partial charge in [-0.05, 0) is 49.2 Å². The number of aromatic nitrogens is 3. The van der Waals surface area contributed by atoms with Crippen molar-refractivity contribution in [1.29, 1.82) is 0 Å². The van der Waals surface area contributed by atoms with Gasteiger partial charge in [-0.3, -0.25) is 14.2 Å². The number of hydrogen-bond acceptors (Lipinski definition) is 5. The fraction of sp³-hybridized carbons (Fsp3) is 0.300. The molecular weight excluding hydrogens is 344 g/mol. The van der Waals surface area contributed by atoms with Gasteiger partial charge in [-0.2, -0.15) is 0 Å². The van der Waals surface area contributed by atoms with Gasteiger partial charge in [0.1, 0.15) is 11.3 Å². The maximum Gasteiger partial charge on any atom is 0.288 e.